The number of carbonyl (C=O) groups is 2. The highest BCUT2D eigenvalue weighted by atomic mass is 16.5. The van der Waals surface area contributed by atoms with Crippen LogP contribution in [0, 0.1) is 11.3 Å². The average Bonchev–Trinajstić information content (AvgIpc) is 2.97. The van der Waals surface area contributed by atoms with E-state index in [-0.39, 0.29) is 12.6 Å². The molecule has 20 heavy (non-hydrogen) atoms. The molecule has 0 spiro atoms. The van der Waals surface area contributed by atoms with Crippen molar-refractivity contribution < 1.29 is 24.2 Å². The summed E-state index contributed by atoms with van der Waals surface area (Å²) in [7, 11) is 0. The molecule has 0 aromatic rings. The Balaban J connectivity index is 1.74. The fraction of sp³-hybridized carbons (Fsp3) is 0.846. The van der Waals surface area contributed by atoms with Gasteiger partial charge in [0.2, 0.25) is 0 Å². The van der Waals surface area contributed by atoms with Crippen molar-refractivity contribution in [3.8, 4) is 0 Å². The second-order valence-corrected chi connectivity index (χ2v) is 5.49. The van der Waals surface area contributed by atoms with Crippen LogP contribution in [-0.2, 0) is 14.3 Å². The van der Waals surface area contributed by atoms with E-state index in [9.17, 15) is 14.7 Å². The van der Waals surface area contributed by atoms with Gasteiger partial charge in [-0.2, -0.15) is 0 Å². The van der Waals surface area contributed by atoms with Crippen molar-refractivity contribution in [2.75, 3.05) is 39.5 Å². The predicted octanol–water partition coefficient (Wildman–Crippen LogP) is 0.204. The molecule has 0 bridgehead atoms. The molecule has 2 saturated heterocycles. The molecule has 114 valence electrons. The Labute approximate surface area is 118 Å². The Bertz CT molecular complexity index is 349. The van der Waals surface area contributed by atoms with Gasteiger partial charge >= 0.3 is 12.0 Å². The van der Waals surface area contributed by atoms with Gasteiger partial charge in [-0.15, -0.1) is 0 Å². The SMILES string of the molecule is O=C(NCC1CCOC1)NCC1(C(=O)O)CCOCC1. The van der Waals surface area contributed by atoms with Crippen LogP contribution < -0.4 is 10.6 Å². The summed E-state index contributed by atoms with van der Waals surface area (Å²) in [5.74, 6) is -0.512. The quantitative estimate of drug-likeness (QED) is 0.671. The number of amides is 2. The Morgan fingerprint density at radius 2 is 1.90 bits per heavy atom. The van der Waals surface area contributed by atoms with E-state index in [0.717, 1.165) is 13.0 Å². The molecule has 1 atom stereocenters. The summed E-state index contributed by atoms with van der Waals surface area (Å²) in [6.07, 6.45) is 1.81. The van der Waals surface area contributed by atoms with E-state index in [1.54, 1.807) is 0 Å². The maximum Gasteiger partial charge on any atom is 0.314 e. The van der Waals surface area contributed by atoms with Gasteiger partial charge in [-0.05, 0) is 19.3 Å². The zero-order chi connectivity index (χ0) is 14.4. The molecule has 2 aliphatic rings. The van der Waals surface area contributed by atoms with Gasteiger partial charge in [0.1, 0.15) is 0 Å². The lowest BCUT2D eigenvalue weighted by atomic mass is 9.80. The normalized spacial score (nSPS) is 25.1. The summed E-state index contributed by atoms with van der Waals surface area (Å²) in [5, 5.41) is 14.8. The van der Waals surface area contributed by atoms with Crippen molar-refractivity contribution >= 4 is 12.0 Å². The lowest BCUT2D eigenvalue weighted by Gasteiger charge is -2.33. The van der Waals surface area contributed by atoms with Gasteiger partial charge in [0.25, 0.3) is 0 Å². The monoisotopic (exact) mass is 286 g/mol. The smallest absolute Gasteiger partial charge is 0.314 e. The minimum absolute atomic E-state index is 0.138. The lowest BCUT2D eigenvalue weighted by molar-refractivity contribution is -0.154. The molecule has 0 aromatic carbocycles. The van der Waals surface area contributed by atoms with Crippen molar-refractivity contribution in [1.29, 1.82) is 0 Å². The number of carboxylic acids is 1. The van der Waals surface area contributed by atoms with E-state index in [0.29, 0.717) is 45.1 Å². The van der Waals surface area contributed by atoms with Crippen LogP contribution in [0.25, 0.3) is 0 Å². The first kappa shape index (κ1) is 15.1. The standard InChI is InChI=1S/C13H22N2O5/c16-11(17)13(2-5-19-6-3-13)9-15-12(18)14-7-10-1-4-20-8-10/h10H,1-9H2,(H,16,17)(H2,14,15,18). The van der Waals surface area contributed by atoms with Gasteiger partial charge in [0.15, 0.2) is 0 Å². The largest absolute Gasteiger partial charge is 0.481 e. The number of carboxylic acid groups (broad SMARTS) is 1. The number of hydrogen-bond acceptors (Lipinski definition) is 4. The average molecular weight is 286 g/mol. The van der Waals surface area contributed by atoms with Gasteiger partial charge in [-0.1, -0.05) is 0 Å². The van der Waals surface area contributed by atoms with Crippen LogP contribution >= 0.6 is 0 Å². The molecule has 0 radical (unpaired) electrons. The first-order valence-corrected chi connectivity index (χ1v) is 7.03. The Morgan fingerprint density at radius 1 is 1.15 bits per heavy atom. The van der Waals surface area contributed by atoms with Crippen molar-refractivity contribution in [2.24, 2.45) is 11.3 Å². The molecular weight excluding hydrogens is 264 g/mol. The molecule has 3 N–H and O–H groups in total. The third-order valence-corrected chi connectivity index (χ3v) is 4.07. The van der Waals surface area contributed by atoms with Crippen LogP contribution in [-0.4, -0.2) is 56.6 Å². The third kappa shape index (κ3) is 3.83. The van der Waals surface area contributed by atoms with E-state index in [2.05, 4.69) is 10.6 Å². The van der Waals surface area contributed by atoms with Crippen LogP contribution in [0.3, 0.4) is 0 Å². The molecule has 7 nitrogen and oxygen atoms in total. The summed E-state index contributed by atoms with van der Waals surface area (Å²) in [5.41, 5.74) is -0.897. The number of hydrogen-bond donors (Lipinski definition) is 3. The van der Waals surface area contributed by atoms with Crippen molar-refractivity contribution in [1.82, 2.24) is 10.6 Å². The van der Waals surface area contributed by atoms with E-state index < -0.39 is 11.4 Å². The minimum atomic E-state index is -0.897. The molecule has 7 heteroatoms. The van der Waals surface area contributed by atoms with Crippen LogP contribution in [0.5, 0.6) is 0 Å². The number of rotatable bonds is 5. The molecule has 2 amide bonds. The number of aliphatic carboxylic acids is 1. The zero-order valence-corrected chi connectivity index (χ0v) is 11.5. The molecule has 1 unspecified atom stereocenters. The van der Waals surface area contributed by atoms with Crippen LogP contribution in [0.2, 0.25) is 0 Å². The first-order chi connectivity index (χ1) is 9.62. The maximum absolute atomic E-state index is 11.7. The van der Waals surface area contributed by atoms with E-state index in [1.165, 1.54) is 0 Å². The summed E-state index contributed by atoms with van der Waals surface area (Å²) < 4.78 is 10.4. The zero-order valence-electron chi connectivity index (χ0n) is 11.5. The van der Waals surface area contributed by atoms with E-state index in [4.69, 9.17) is 9.47 Å². The number of carbonyl (C=O) groups excluding carboxylic acids is 1. The fourth-order valence-electron chi connectivity index (χ4n) is 2.52. The summed E-state index contributed by atoms with van der Waals surface area (Å²) >= 11 is 0. The fourth-order valence-corrected chi connectivity index (χ4v) is 2.52. The molecule has 2 aliphatic heterocycles. The maximum atomic E-state index is 11.7. The summed E-state index contributed by atoms with van der Waals surface area (Å²) in [4.78, 5) is 23.1. The number of urea groups is 1. The Kier molecular flexibility index (Phi) is 5.19. The molecule has 0 aliphatic carbocycles. The molecule has 2 rings (SSSR count). The first-order valence-electron chi connectivity index (χ1n) is 7.03. The van der Waals surface area contributed by atoms with E-state index >= 15 is 0 Å². The number of nitrogens with one attached hydrogen (secondary N) is 2. The van der Waals surface area contributed by atoms with Gasteiger partial charge < -0.3 is 25.2 Å². The minimum Gasteiger partial charge on any atom is -0.481 e. The highest BCUT2D eigenvalue weighted by Crippen LogP contribution is 2.30. The Morgan fingerprint density at radius 3 is 2.50 bits per heavy atom. The Hall–Kier alpha value is -1.34. The summed E-state index contributed by atoms with van der Waals surface area (Å²) in [6, 6.07) is -0.316. The van der Waals surface area contributed by atoms with Gasteiger partial charge in [-0.3, -0.25) is 4.79 Å². The lowest BCUT2D eigenvalue weighted by Crippen LogP contribution is -2.49. The second-order valence-electron chi connectivity index (χ2n) is 5.49. The second kappa shape index (κ2) is 6.90. The van der Waals surface area contributed by atoms with Crippen molar-refractivity contribution in [2.45, 2.75) is 19.3 Å². The van der Waals surface area contributed by atoms with Crippen LogP contribution in [0.4, 0.5) is 4.79 Å². The third-order valence-electron chi connectivity index (χ3n) is 4.07. The topological polar surface area (TPSA) is 96.9 Å². The number of ether oxygens (including phenoxy) is 2. The molecule has 2 fully saturated rings. The van der Waals surface area contributed by atoms with E-state index in [1.807, 2.05) is 0 Å². The molecule has 0 aromatic heterocycles. The van der Waals surface area contributed by atoms with Gasteiger partial charge in [0.05, 0.1) is 12.0 Å². The highest BCUT2D eigenvalue weighted by molar-refractivity contribution is 5.78. The summed E-state index contributed by atoms with van der Waals surface area (Å²) in [6.45, 7) is 2.98. The highest BCUT2D eigenvalue weighted by Gasteiger charge is 2.40. The van der Waals surface area contributed by atoms with Gasteiger partial charge in [0, 0.05) is 38.8 Å². The predicted molar refractivity (Wildman–Crippen MR) is 70.4 cm³/mol. The molecule has 2 heterocycles. The molecular formula is C13H22N2O5. The van der Waals surface area contributed by atoms with Crippen LogP contribution in [0.15, 0.2) is 0 Å². The van der Waals surface area contributed by atoms with Crippen molar-refractivity contribution in [3.63, 3.8) is 0 Å². The molecule has 0 saturated carbocycles. The van der Waals surface area contributed by atoms with Crippen LogP contribution in [0.1, 0.15) is 19.3 Å². The van der Waals surface area contributed by atoms with Crippen molar-refractivity contribution in [3.05, 3.63) is 0 Å². The van der Waals surface area contributed by atoms with Gasteiger partial charge in [-0.25, -0.2) is 4.79 Å².